The van der Waals surface area contributed by atoms with Gasteiger partial charge in [0.05, 0.1) is 11.2 Å². The second-order valence-corrected chi connectivity index (χ2v) is 7.10. The van der Waals surface area contributed by atoms with Crippen LogP contribution in [-0.2, 0) is 5.54 Å². The zero-order chi connectivity index (χ0) is 12.0. The van der Waals surface area contributed by atoms with Crippen molar-refractivity contribution in [3.63, 3.8) is 0 Å². The number of thiazole rings is 1. The maximum absolute atomic E-state index is 4.88. The summed E-state index contributed by atoms with van der Waals surface area (Å²) in [6, 6.07) is 0.772. The SMILES string of the molecule is CC1CC(NC2CC2)(c2nc(C(C)C)cs2)C1. The largest absolute Gasteiger partial charge is 0.303 e. The van der Waals surface area contributed by atoms with Crippen LogP contribution in [0.25, 0.3) is 0 Å². The zero-order valence-corrected chi connectivity index (χ0v) is 11.8. The topological polar surface area (TPSA) is 24.9 Å². The lowest BCUT2D eigenvalue weighted by Crippen LogP contribution is -2.52. The summed E-state index contributed by atoms with van der Waals surface area (Å²) in [6.45, 7) is 6.80. The molecule has 1 aromatic rings. The molecule has 94 valence electrons. The Hall–Kier alpha value is -0.410. The van der Waals surface area contributed by atoms with Crippen molar-refractivity contribution in [2.75, 3.05) is 0 Å². The van der Waals surface area contributed by atoms with Crippen LogP contribution in [0.3, 0.4) is 0 Å². The molecule has 0 aliphatic heterocycles. The molecule has 2 nitrogen and oxygen atoms in total. The molecule has 0 saturated heterocycles. The van der Waals surface area contributed by atoms with Crippen LogP contribution in [0.5, 0.6) is 0 Å². The molecule has 2 aliphatic carbocycles. The van der Waals surface area contributed by atoms with Crippen LogP contribution in [0.1, 0.15) is 63.1 Å². The Bertz CT molecular complexity index is 400. The van der Waals surface area contributed by atoms with E-state index in [-0.39, 0.29) is 5.54 Å². The minimum absolute atomic E-state index is 0.235. The van der Waals surface area contributed by atoms with Gasteiger partial charge in [-0.1, -0.05) is 20.8 Å². The van der Waals surface area contributed by atoms with E-state index in [0.717, 1.165) is 12.0 Å². The highest BCUT2D eigenvalue weighted by Gasteiger charge is 2.48. The molecule has 0 bridgehead atoms. The second-order valence-electron chi connectivity index (χ2n) is 6.25. The quantitative estimate of drug-likeness (QED) is 0.882. The molecule has 2 aliphatic rings. The molecule has 1 aromatic heterocycles. The van der Waals surface area contributed by atoms with Crippen molar-refractivity contribution in [2.45, 2.75) is 64.0 Å². The molecule has 17 heavy (non-hydrogen) atoms. The molecule has 0 radical (unpaired) electrons. The fraction of sp³-hybridized carbons (Fsp3) is 0.786. The first-order valence-corrected chi connectivity index (χ1v) is 7.70. The molecule has 3 heteroatoms. The maximum atomic E-state index is 4.88. The van der Waals surface area contributed by atoms with Crippen LogP contribution in [0.4, 0.5) is 0 Å². The van der Waals surface area contributed by atoms with E-state index in [9.17, 15) is 0 Å². The Morgan fingerprint density at radius 1 is 1.41 bits per heavy atom. The van der Waals surface area contributed by atoms with E-state index in [1.54, 1.807) is 0 Å². The molecule has 0 unspecified atom stereocenters. The van der Waals surface area contributed by atoms with Gasteiger partial charge in [0, 0.05) is 11.4 Å². The van der Waals surface area contributed by atoms with E-state index in [2.05, 4.69) is 31.5 Å². The molecule has 0 spiro atoms. The highest BCUT2D eigenvalue weighted by molar-refractivity contribution is 7.09. The minimum atomic E-state index is 0.235. The van der Waals surface area contributed by atoms with Gasteiger partial charge in [0.15, 0.2) is 0 Å². The predicted molar refractivity (Wildman–Crippen MR) is 72.4 cm³/mol. The van der Waals surface area contributed by atoms with Gasteiger partial charge in [0.25, 0.3) is 0 Å². The average molecular weight is 250 g/mol. The summed E-state index contributed by atoms with van der Waals surface area (Å²) in [4.78, 5) is 4.88. The first-order valence-electron chi connectivity index (χ1n) is 6.83. The van der Waals surface area contributed by atoms with E-state index in [1.165, 1.54) is 36.4 Å². The molecular formula is C14H22N2S. The van der Waals surface area contributed by atoms with Crippen molar-refractivity contribution in [3.8, 4) is 0 Å². The third-order valence-electron chi connectivity index (χ3n) is 3.97. The van der Waals surface area contributed by atoms with Gasteiger partial charge in [-0.25, -0.2) is 4.98 Å². The minimum Gasteiger partial charge on any atom is -0.303 e. The van der Waals surface area contributed by atoms with E-state index < -0.39 is 0 Å². The standard InChI is InChI=1S/C14H22N2S/c1-9(2)12-8-17-13(15-12)14(6-10(3)7-14)16-11-4-5-11/h8-11,16H,4-7H2,1-3H3. The molecule has 3 rings (SSSR count). The van der Waals surface area contributed by atoms with Gasteiger partial charge in [0.1, 0.15) is 5.01 Å². The Labute approximate surface area is 108 Å². The van der Waals surface area contributed by atoms with Gasteiger partial charge in [-0.05, 0) is 37.5 Å². The van der Waals surface area contributed by atoms with Crippen molar-refractivity contribution >= 4 is 11.3 Å². The lowest BCUT2D eigenvalue weighted by Gasteiger charge is -2.46. The Morgan fingerprint density at radius 3 is 2.59 bits per heavy atom. The molecule has 1 N–H and O–H groups in total. The van der Waals surface area contributed by atoms with Crippen LogP contribution >= 0.6 is 11.3 Å². The Balaban J connectivity index is 1.82. The van der Waals surface area contributed by atoms with Crippen LogP contribution in [-0.4, -0.2) is 11.0 Å². The van der Waals surface area contributed by atoms with E-state index in [1.807, 2.05) is 11.3 Å². The van der Waals surface area contributed by atoms with Crippen LogP contribution in [0.2, 0.25) is 0 Å². The number of hydrogen-bond donors (Lipinski definition) is 1. The van der Waals surface area contributed by atoms with Crippen LogP contribution < -0.4 is 5.32 Å². The molecular weight excluding hydrogens is 228 g/mol. The van der Waals surface area contributed by atoms with Crippen molar-refractivity contribution in [1.82, 2.24) is 10.3 Å². The van der Waals surface area contributed by atoms with Gasteiger partial charge in [0.2, 0.25) is 0 Å². The van der Waals surface area contributed by atoms with Crippen LogP contribution in [0.15, 0.2) is 5.38 Å². The third-order valence-corrected chi connectivity index (χ3v) is 5.04. The average Bonchev–Trinajstić information content (AvgIpc) is 2.90. The summed E-state index contributed by atoms with van der Waals surface area (Å²) in [5.41, 5.74) is 1.50. The number of hydrogen-bond acceptors (Lipinski definition) is 3. The molecule has 0 aromatic carbocycles. The third kappa shape index (κ3) is 2.15. The first-order chi connectivity index (χ1) is 8.09. The molecule has 0 atom stereocenters. The lowest BCUT2D eigenvalue weighted by atomic mass is 9.69. The molecule has 2 fully saturated rings. The fourth-order valence-electron chi connectivity index (χ4n) is 2.87. The van der Waals surface area contributed by atoms with Crippen molar-refractivity contribution in [1.29, 1.82) is 0 Å². The monoisotopic (exact) mass is 250 g/mol. The summed E-state index contributed by atoms with van der Waals surface area (Å²) >= 11 is 1.86. The van der Waals surface area contributed by atoms with Crippen molar-refractivity contribution in [2.24, 2.45) is 5.92 Å². The van der Waals surface area contributed by atoms with Gasteiger partial charge in [-0.15, -0.1) is 11.3 Å². The number of nitrogens with zero attached hydrogens (tertiary/aromatic N) is 1. The second kappa shape index (κ2) is 4.06. The highest BCUT2D eigenvalue weighted by atomic mass is 32.1. The summed E-state index contributed by atoms with van der Waals surface area (Å²) < 4.78 is 0. The van der Waals surface area contributed by atoms with Gasteiger partial charge >= 0.3 is 0 Å². The summed E-state index contributed by atoms with van der Waals surface area (Å²) in [5.74, 6) is 1.41. The van der Waals surface area contributed by atoms with Crippen molar-refractivity contribution < 1.29 is 0 Å². The molecule has 1 heterocycles. The van der Waals surface area contributed by atoms with Crippen LogP contribution in [0, 0.1) is 5.92 Å². The summed E-state index contributed by atoms with van der Waals surface area (Å²) in [6.07, 6.45) is 5.26. The lowest BCUT2D eigenvalue weighted by molar-refractivity contribution is 0.112. The van der Waals surface area contributed by atoms with Gasteiger partial charge in [-0.3, -0.25) is 0 Å². The first kappa shape index (κ1) is 11.7. The zero-order valence-electron chi connectivity index (χ0n) is 11.0. The number of aromatic nitrogens is 1. The van der Waals surface area contributed by atoms with Crippen molar-refractivity contribution in [3.05, 3.63) is 16.1 Å². The van der Waals surface area contributed by atoms with Gasteiger partial charge in [-0.2, -0.15) is 0 Å². The normalized spacial score (nSPS) is 32.8. The summed E-state index contributed by atoms with van der Waals surface area (Å²) in [5, 5.41) is 7.44. The Kier molecular flexibility index (Phi) is 2.79. The summed E-state index contributed by atoms with van der Waals surface area (Å²) in [7, 11) is 0. The predicted octanol–water partition coefficient (Wildman–Crippen LogP) is 3.64. The smallest absolute Gasteiger partial charge is 0.113 e. The molecule has 0 amide bonds. The highest BCUT2D eigenvalue weighted by Crippen LogP contribution is 2.48. The fourth-order valence-corrected chi connectivity index (χ4v) is 4.04. The molecule has 2 saturated carbocycles. The number of rotatable bonds is 4. The van der Waals surface area contributed by atoms with E-state index >= 15 is 0 Å². The van der Waals surface area contributed by atoms with E-state index in [4.69, 9.17) is 4.98 Å². The van der Waals surface area contributed by atoms with E-state index in [0.29, 0.717) is 5.92 Å². The number of nitrogens with one attached hydrogen (secondary N) is 1. The van der Waals surface area contributed by atoms with Gasteiger partial charge < -0.3 is 5.32 Å². The Morgan fingerprint density at radius 2 is 2.12 bits per heavy atom. The maximum Gasteiger partial charge on any atom is 0.113 e.